The largest absolute Gasteiger partial charge is 0.256 e. The van der Waals surface area contributed by atoms with Crippen LogP contribution in [0.15, 0.2) is 188 Å². The van der Waals surface area contributed by atoms with Crippen LogP contribution in [0.2, 0.25) is 0 Å². The van der Waals surface area contributed by atoms with Gasteiger partial charge in [-0.25, -0.2) is 9.97 Å². The topological polar surface area (TPSA) is 38.7 Å². The van der Waals surface area contributed by atoms with Crippen molar-refractivity contribution in [3.05, 3.63) is 188 Å². The molecular formula is C51H31N3S. The van der Waals surface area contributed by atoms with E-state index in [9.17, 15) is 0 Å². The third-order valence-electron chi connectivity index (χ3n) is 10.7. The van der Waals surface area contributed by atoms with Gasteiger partial charge in [0.25, 0.3) is 0 Å². The predicted octanol–water partition coefficient (Wildman–Crippen LogP) is 14.0. The number of thiophene rings is 1. The van der Waals surface area contributed by atoms with Crippen molar-refractivity contribution in [2.75, 3.05) is 0 Å². The van der Waals surface area contributed by atoms with E-state index in [0.717, 1.165) is 65.8 Å². The van der Waals surface area contributed by atoms with E-state index in [1.807, 2.05) is 18.3 Å². The molecule has 0 N–H and O–H groups in total. The molecule has 3 heterocycles. The number of hydrogen-bond acceptors (Lipinski definition) is 4. The maximum atomic E-state index is 5.43. The molecule has 0 saturated carbocycles. The minimum absolute atomic E-state index is 0.706. The van der Waals surface area contributed by atoms with Crippen LogP contribution in [-0.4, -0.2) is 15.0 Å². The average molecular weight is 718 g/mol. The van der Waals surface area contributed by atoms with Gasteiger partial charge in [0.05, 0.1) is 21.6 Å². The van der Waals surface area contributed by atoms with E-state index in [0.29, 0.717) is 5.82 Å². The fraction of sp³-hybridized carbons (Fsp3) is 0. The van der Waals surface area contributed by atoms with Gasteiger partial charge in [0.2, 0.25) is 0 Å². The molecule has 55 heavy (non-hydrogen) atoms. The maximum absolute atomic E-state index is 5.43. The zero-order valence-electron chi connectivity index (χ0n) is 29.6. The highest BCUT2D eigenvalue weighted by molar-refractivity contribution is 7.26. The number of aromatic nitrogens is 3. The van der Waals surface area contributed by atoms with Crippen LogP contribution >= 0.6 is 11.3 Å². The monoisotopic (exact) mass is 717 g/mol. The lowest BCUT2D eigenvalue weighted by Crippen LogP contribution is -1.95. The Hall–Kier alpha value is -7.01. The highest BCUT2D eigenvalue weighted by atomic mass is 32.1. The minimum atomic E-state index is 0.706. The van der Waals surface area contributed by atoms with Crippen molar-refractivity contribution in [1.82, 2.24) is 15.0 Å². The van der Waals surface area contributed by atoms with E-state index in [4.69, 9.17) is 15.0 Å². The number of hydrogen-bond donors (Lipinski definition) is 0. The Kier molecular flexibility index (Phi) is 7.35. The van der Waals surface area contributed by atoms with Crippen molar-refractivity contribution in [3.8, 4) is 56.2 Å². The maximum Gasteiger partial charge on any atom is 0.160 e. The van der Waals surface area contributed by atoms with Gasteiger partial charge in [-0.15, -0.1) is 11.3 Å². The number of rotatable bonds is 5. The average Bonchev–Trinajstić information content (AvgIpc) is 3.64. The second-order valence-electron chi connectivity index (χ2n) is 13.9. The van der Waals surface area contributed by atoms with Crippen LogP contribution in [0, 0.1) is 0 Å². The van der Waals surface area contributed by atoms with E-state index in [-0.39, 0.29) is 0 Å². The fourth-order valence-electron chi connectivity index (χ4n) is 8.18. The quantitative estimate of drug-likeness (QED) is 0.166. The summed E-state index contributed by atoms with van der Waals surface area (Å²) in [6.07, 6.45) is 1.86. The van der Waals surface area contributed by atoms with Crippen LogP contribution in [-0.2, 0) is 0 Å². The lowest BCUT2D eigenvalue weighted by atomic mass is 9.89. The number of nitrogens with zero attached hydrogens (tertiary/aromatic N) is 3. The summed E-state index contributed by atoms with van der Waals surface area (Å²) >= 11 is 1.76. The molecule has 0 fully saturated rings. The Morgan fingerprint density at radius 3 is 1.82 bits per heavy atom. The summed E-state index contributed by atoms with van der Waals surface area (Å²) in [5, 5.41) is 8.39. The van der Waals surface area contributed by atoms with Gasteiger partial charge in [-0.3, -0.25) is 4.98 Å². The summed E-state index contributed by atoms with van der Waals surface area (Å²) in [4.78, 5) is 15.6. The summed E-state index contributed by atoms with van der Waals surface area (Å²) < 4.78 is 2.31. The lowest BCUT2D eigenvalue weighted by Gasteiger charge is -2.16. The fourth-order valence-corrected chi connectivity index (χ4v) is 9.33. The first-order chi connectivity index (χ1) is 27.3. The predicted molar refractivity (Wildman–Crippen MR) is 232 cm³/mol. The molecule has 11 rings (SSSR count). The highest BCUT2D eigenvalue weighted by Gasteiger charge is 2.19. The Labute approximate surface area is 321 Å². The van der Waals surface area contributed by atoms with Gasteiger partial charge in [0.15, 0.2) is 5.82 Å². The Morgan fingerprint density at radius 2 is 1.00 bits per heavy atom. The standard InChI is InChI=1S/C51H31N3S/c1-2-14-32(15-3-1)48-50-49(44-20-8-9-26-47(44)55-50)54-51(53-48)36-29-34(38-21-12-23-41-40(38)22-13-24-43(41)46-25-10-11-27-52-46)28-35(30-36)45-31-33-16-4-5-17-37(33)39-18-6-7-19-42(39)45/h1-31H. The van der Waals surface area contributed by atoms with Crippen LogP contribution in [0.1, 0.15) is 0 Å². The van der Waals surface area contributed by atoms with Crippen LogP contribution < -0.4 is 0 Å². The molecular weight excluding hydrogens is 687 g/mol. The SMILES string of the molecule is c1ccc(-c2nc(-c3cc(-c4cccc5c(-c6ccccn6)cccc45)cc(-c4cc5ccccc5c5ccccc45)c3)nc3c2sc2ccccc23)cc1. The molecule has 0 spiro atoms. The molecule has 3 nitrogen and oxygen atoms in total. The number of benzene rings is 8. The van der Waals surface area contributed by atoms with Gasteiger partial charge in [0, 0.05) is 33.0 Å². The van der Waals surface area contributed by atoms with Crippen LogP contribution in [0.3, 0.4) is 0 Å². The minimum Gasteiger partial charge on any atom is -0.256 e. The first kappa shape index (κ1) is 31.5. The zero-order valence-corrected chi connectivity index (χ0v) is 30.5. The number of pyridine rings is 1. The second kappa shape index (κ2) is 12.8. The lowest BCUT2D eigenvalue weighted by molar-refractivity contribution is 1.24. The third-order valence-corrected chi connectivity index (χ3v) is 11.9. The third kappa shape index (κ3) is 5.30. The summed E-state index contributed by atoms with van der Waals surface area (Å²) in [6.45, 7) is 0. The van der Waals surface area contributed by atoms with E-state index >= 15 is 0 Å². The van der Waals surface area contributed by atoms with Gasteiger partial charge in [-0.1, -0.05) is 140 Å². The molecule has 0 aliphatic heterocycles. The van der Waals surface area contributed by atoms with Crippen molar-refractivity contribution in [2.24, 2.45) is 0 Å². The van der Waals surface area contributed by atoms with Crippen molar-refractivity contribution in [1.29, 1.82) is 0 Å². The van der Waals surface area contributed by atoms with Crippen LogP contribution in [0.5, 0.6) is 0 Å². The van der Waals surface area contributed by atoms with Gasteiger partial charge in [-0.2, -0.15) is 0 Å². The summed E-state index contributed by atoms with van der Waals surface area (Å²) in [6, 6.07) is 65.0. The molecule has 8 aromatic carbocycles. The normalized spacial score (nSPS) is 11.6. The van der Waals surface area contributed by atoms with Crippen molar-refractivity contribution in [2.45, 2.75) is 0 Å². The Bertz CT molecular complexity index is 3260. The molecule has 11 aromatic rings. The van der Waals surface area contributed by atoms with Crippen LogP contribution in [0.4, 0.5) is 0 Å². The molecule has 0 amide bonds. The molecule has 3 aromatic heterocycles. The Morgan fingerprint density at radius 1 is 0.382 bits per heavy atom. The van der Waals surface area contributed by atoms with E-state index in [1.54, 1.807) is 11.3 Å². The van der Waals surface area contributed by atoms with E-state index in [2.05, 4.69) is 170 Å². The summed E-state index contributed by atoms with van der Waals surface area (Å²) in [5.41, 5.74) is 10.6. The summed E-state index contributed by atoms with van der Waals surface area (Å²) in [5.74, 6) is 0.706. The van der Waals surface area contributed by atoms with Crippen molar-refractivity contribution in [3.63, 3.8) is 0 Å². The molecule has 0 saturated heterocycles. The second-order valence-corrected chi connectivity index (χ2v) is 15.0. The highest BCUT2D eigenvalue weighted by Crippen LogP contribution is 2.43. The van der Waals surface area contributed by atoms with E-state index < -0.39 is 0 Å². The first-order valence-corrected chi connectivity index (χ1v) is 19.3. The zero-order chi connectivity index (χ0) is 36.3. The first-order valence-electron chi connectivity index (χ1n) is 18.5. The van der Waals surface area contributed by atoms with E-state index in [1.165, 1.54) is 37.2 Å². The van der Waals surface area contributed by atoms with Gasteiger partial charge < -0.3 is 0 Å². The molecule has 256 valence electrons. The molecule has 0 unspecified atom stereocenters. The Balaban J connectivity index is 1.22. The van der Waals surface area contributed by atoms with Crippen LogP contribution in [0.25, 0.3) is 109 Å². The molecule has 0 radical (unpaired) electrons. The molecule has 0 atom stereocenters. The van der Waals surface area contributed by atoms with Gasteiger partial charge >= 0.3 is 0 Å². The van der Waals surface area contributed by atoms with Gasteiger partial charge in [0.1, 0.15) is 0 Å². The van der Waals surface area contributed by atoms with Crippen molar-refractivity contribution >= 4 is 64.0 Å². The number of fused-ring (bicyclic) bond motifs is 7. The smallest absolute Gasteiger partial charge is 0.160 e. The molecule has 0 aliphatic carbocycles. The molecule has 0 bridgehead atoms. The molecule has 4 heteroatoms. The summed E-state index contributed by atoms with van der Waals surface area (Å²) in [7, 11) is 0. The van der Waals surface area contributed by atoms with Crippen molar-refractivity contribution < 1.29 is 0 Å². The van der Waals surface area contributed by atoms with Gasteiger partial charge in [-0.05, 0) is 97.0 Å². The molecule has 0 aliphatic rings.